The van der Waals surface area contributed by atoms with Gasteiger partial charge in [0.25, 0.3) is 0 Å². The van der Waals surface area contributed by atoms with Crippen molar-refractivity contribution in [2.75, 3.05) is 20.1 Å². The molecule has 2 aromatic rings. The van der Waals surface area contributed by atoms with Gasteiger partial charge in [0.05, 0.1) is 10.7 Å². The molecular formula is C17H29IN6OS. The van der Waals surface area contributed by atoms with Crippen molar-refractivity contribution >= 4 is 41.3 Å². The molecule has 0 fully saturated rings. The number of aliphatic imine (C=N–C) groups is 1. The van der Waals surface area contributed by atoms with Crippen LogP contribution in [0.25, 0.3) is 0 Å². The van der Waals surface area contributed by atoms with Gasteiger partial charge in [-0.3, -0.25) is 4.99 Å². The summed E-state index contributed by atoms with van der Waals surface area (Å²) >= 11 is 1.76. The number of nitrogens with one attached hydrogen (secondary N) is 2. The molecule has 0 aromatic carbocycles. The summed E-state index contributed by atoms with van der Waals surface area (Å²) in [5.41, 5.74) is 1.13. The SMILES string of the molecule is CN=C(NCCCc1nc(C(C)C)no1)NCCc1nc(C)c(C)s1.I. The van der Waals surface area contributed by atoms with Crippen molar-refractivity contribution in [3.05, 3.63) is 27.3 Å². The van der Waals surface area contributed by atoms with Gasteiger partial charge in [0.1, 0.15) is 0 Å². The van der Waals surface area contributed by atoms with Crippen LogP contribution in [0.5, 0.6) is 0 Å². The highest BCUT2D eigenvalue weighted by molar-refractivity contribution is 14.0. The highest BCUT2D eigenvalue weighted by Gasteiger charge is 2.09. The molecule has 0 spiro atoms. The Labute approximate surface area is 176 Å². The molecular weight excluding hydrogens is 463 g/mol. The molecule has 0 aliphatic heterocycles. The maximum Gasteiger partial charge on any atom is 0.226 e. The van der Waals surface area contributed by atoms with Gasteiger partial charge in [-0.15, -0.1) is 35.3 Å². The summed E-state index contributed by atoms with van der Waals surface area (Å²) in [6.45, 7) is 9.89. The van der Waals surface area contributed by atoms with Crippen molar-refractivity contribution in [2.24, 2.45) is 4.99 Å². The Balaban J connectivity index is 0.00000338. The second-order valence-electron chi connectivity index (χ2n) is 6.23. The van der Waals surface area contributed by atoms with Gasteiger partial charge < -0.3 is 15.2 Å². The third-order valence-corrected chi connectivity index (χ3v) is 4.92. The predicted molar refractivity (Wildman–Crippen MR) is 117 cm³/mol. The molecule has 2 heterocycles. The Kier molecular flexibility index (Phi) is 10.1. The van der Waals surface area contributed by atoms with Crippen molar-refractivity contribution in [1.29, 1.82) is 0 Å². The minimum absolute atomic E-state index is 0. The Hall–Kier alpha value is -1.23. The molecule has 146 valence electrons. The quantitative estimate of drug-likeness (QED) is 0.255. The molecule has 0 bridgehead atoms. The topological polar surface area (TPSA) is 88.2 Å². The highest BCUT2D eigenvalue weighted by atomic mass is 127. The van der Waals surface area contributed by atoms with E-state index in [1.165, 1.54) is 4.88 Å². The molecule has 0 unspecified atom stereocenters. The van der Waals surface area contributed by atoms with Crippen molar-refractivity contribution in [2.45, 2.75) is 52.9 Å². The Morgan fingerprint density at radius 3 is 2.46 bits per heavy atom. The number of rotatable bonds is 8. The minimum atomic E-state index is 0. The summed E-state index contributed by atoms with van der Waals surface area (Å²) in [7, 11) is 1.78. The summed E-state index contributed by atoms with van der Waals surface area (Å²) in [6, 6.07) is 0. The molecule has 0 saturated carbocycles. The van der Waals surface area contributed by atoms with E-state index in [-0.39, 0.29) is 24.0 Å². The van der Waals surface area contributed by atoms with Crippen molar-refractivity contribution in [1.82, 2.24) is 25.8 Å². The van der Waals surface area contributed by atoms with E-state index in [9.17, 15) is 0 Å². The highest BCUT2D eigenvalue weighted by Crippen LogP contribution is 2.16. The van der Waals surface area contributed by atoms with E-state index in [2.05, 4.69) is 58.4 Å². The van der Waals surface area contributed by atoms with Gasteiger partial charge in [0.2, 0.25) is 5.89 Å². The number of halogens is 1. The van der Waals surface area contributed by atoms with E-state index < -0.39 is 0 Å². The number of hydrogen-bond acceptors (Lipinski definition) is 6. The third-order valence-electron chi connectivity index (χ3n) is 3.79. The molecule has 26 heavy (non-hydrogen) atoms. The Morgan fingerprint density at radius 1 is 1.15 bits per heavy atom. The molecule has 2 aromatic heterocycles. The average molecular weight is 492 g/mol. The number of aryl methyl sites for hydroxylation is 3. The zero-order valence-electron chi connectivity index (χ0n) is 16.1. The van der Waals surface area contributed by atoms with E-state index in [1.807, 2.05) is 0 Å². The number of nitrogens with zero attached hydrogens (tertiary/aromatic N) is 4. The maximum atomic E-state index is 5.24. The summed E-state index contributed by atoms with van der Waals surface area (Å²) in [5.74, 6) is 2.57. The van der Waals surface area contributed by atoms with Crippen LogP contribution in [-0.4, -0.2) is 41.2 Å². The summed E-state index contributed by atoms with van der Waals surface area (Å²) in [5, 5.41) is 11.8. The van der Waals surface area contributed by atoms with E-state index in [0.717, 1.165) is 54.8 Å². The van der Waals surface area contributed by atoms with Gasteiger partial charge in [-0.2, -0.15) is 4.98 Å². The fourth-order valence-electron chi connectivity index (χ4n) is 2.21. The van der Waals surface area contributed by atoms with Crippen LogP contribution in [0.15, 0.2) is 9.52 Å². The zero-order chi connectivity index (χ0) is 18.2. The van der Waals surface area contributed by atoms with E-state index in [0.29, 0.717) is 11.8 Å². The first kappa shape index (κ1) is 22.8. The lowest BCUT2D eigenvalue weighted by molar-refractivity contribution is 0.368. The number of hydrogen-bond donors (Lipinski definition) is 2. The first-order valence-electron chi connectivity index (χ1n) is 8.69. The van der Waals surface area contributed by atoms with Crippen LogP contribution < -0.4 is 10.6 Å². The van der Waals surface area contributed by atoms with Crippen LogP contribution in [0.3, 0.4) is 0 Å². The van der Waals surface area contributed by atoms with Crippen LogP contribution in [0.1, 0.15) is 53.5 Å². The van der Waals surface area contributed by atoms with Crippen molar-refractivity contribution in [3.8, 4) is 0 Å². The number of guanidine groups is 1. The first-order valence-corrected chi connectivity index (χ1v) is 9.51. The van der Waals surface area contributed by atoms with E-state index in [4.69, 9.17) is 4.52 Å². The summed E-state index contributed by atoms with van der Waals surface area (Å²) < 4.78 is 5.24. The van der Waals surface area contributed by atoms with E-state index in [1.54, 1.807) is 18.4 Å². The Bertz CT molecular complexity index is 678. The summed E-state index contributed by atoms with van der Waals surface area (Å²) in [6.07, 6.45) is 2.58. The molecule has 0 aliphatic rings. The Morgan fingerprint density at radius 2 is 1.88 bits per heavy atom. The minimum Gasteiger partial charge on any atom is -0.356 e. The lowest BCUT2D eigenvalue weighted by atomic mass is 10.2. The third kappa shape index (κ3) is 7.18. The lowest BCUT2D eigenvalue weighted by Crippen LogP contribution is -2.38. The zero-order valence-corrected chi connectivity index (χ0v) is 19.3. The molecule has 2 rings (SSSR count). The average Bonchev–Trinajstić information content (AvgIpc) is 3.17. The number of aromatic nitrogens is 3. The van der Waals surface area contributed by atoms with Crippen LogP contribution in [0.2, 0.25) is 0 Å². The lowest BCUT2D eigenvalue weighted by Gasteiger charge is -2.10. The molecule has 9 heteroatoms. The standard InChI is InChI=1S/C17H28N6OS.HI/c1-11(2)16-22-14(24-23-16)7-6-9-19-17(18-5)20-10-8-15-21-12(3)13(4)25-15;/h11H,6-10H2,1-5H3,(H2,18,19,20);1H. The first-order chi connectivity index (χ1) is 12.0. The predicted octanol–water partition coefficient (Wildman–Crippen LogP) is 3.22. The molecule has 0 atom stereocenters. The van der Waals surface area contributed by atoms with Crippen LogP contribution in [0, 0.1) is 13.8 Å². The largest absolute Gasteiger partial charge is 0.356 e. The van der Waals surface area contributed by atoms with Crippen molar-refractivity contribution < 1.29 is 4.52 Å². The maximum absolute atomic E-state index is 5.24. The molecule has 0 saturated heterocycles. The van der Waals surface area contributed by atoms with Crippen LogP contribution in [-0.2, 0) is 12.8 Å². The van der Waals surface area contributed by atoms with Crippen LogP contribution >= 0.6 is 35.3 Å². The van der Waals surface area contributed by atoms with Gasteiger partial charge in [-0.1, -0.05) is 19.0 Å². The summed E-state index contributed by atoms with van der Waals surface area (Å²) in [4.78, 5) is 14.5. The molecule has 0 radical (unpaired) electrons. The smallest absolute Gasteiger partial charge is 0.226 e. The van der Waals surface area contributed by atoms with Gasteiger partial charge in [-0.05, 0) is 20.3 Å². The second kappa shape index (κ2) is 11.5. The monoisotopic (exact) mass is 492 g/mol. The molecule has 7 nitrogen and oxygen atoms in total. The fraction of sp³-hybridized carbons (Fsp3) is 0.647. The van der Waals surface area contributed by atoms with Crippen LogP contribution in [0.4, 0.5) is 0 Å². The fourth-order valence-corrected chi connectivity index (χ4v) is 3.14. The van der Waals surface area contributed by atoms with Gasteiger partial charge in [0, 0.05) is 43.8 Å². The molecule has 0 aliphatic carbocycles. The van der Waals surface area contributed by atoms with E-state index >= 15 is 0 Å². The number of thiazole rings is 1. The van der Waals surface area contributed by atoms with Crippen molar-refractivity contribution in [3.63, 3.8) is 0 Å². The molecule has 0 amide bonds. The van der Waals surface area contributed by atoms with Gasteiger partial charge >= 0.3 is 0 Å². The van der Waals surface area contributed by atoms with Gasteiger partial charge in [-0.25, -0.2) is 4.98 Å². The normalized spacial score (nSPS) is 11.5. The molecule has 2 N–H and O–H groups in total. The second-order valence-corrected chi connectivity index (χ2v) is 7.52. The van der Waals surface area contributed by atoms with Gasteiger partial charge in [0.15, 0.2) is 11.8 Å².